The summed E-state index contributed by atoms with van der Waals surface area (Å²) in [6, 6.07) is 0. The summed E-state index contributed by atoms with van der Waals surface area (Å²) in [5.74, 6) is 0.692. The van der Waals surface area contributed by atoms with Crippen LogP contribution in [0.25, 0.3) is 0 Å². The second kappa shape index (κ2) is 4.29. The van der Waals surface area contributed by atoms with Gasteiger partial charge in [0.2, 0.25) is 5.91 Å². The molecule has 2 nitrogen and oxygen atoms in total. The van der Waals surface area contributed by atoms with Gasteiger partial charge in [0.05, 0.1) is 0 Å². The molecule has 1 aliphatic rings. The van der Waals surface area contributed by atoms with Crippen molar-refractivity contribution in [1.82, 2.24) is 4.90 Å². The maximum Gasteiger partial charge on any atom is 0.225 e. The summed E-state index contributed by atoms with van der Waals surface area (Å²) in [5.41, 5.74) is 0. The summed E-state index contributed by atoms with van der Waals surface area (Å²) in [7, 11) is 1.89. The molecular weight excluding hydrogens is 150 g/mol. The summed E-state index contributed by atoms with van der Waals surface area (Å²) in [5, 5.41) is 0. The molecule has 2 heteroatoms. The molecule has 0 bridgehead atoms. The second-order valence-corrected chi connectivity index (χ2v) is 3.46. The van der Waals surface area contributed by atoms with Gasteiger partial charge in [-0.25, -0.2) is 0 Å². The maximum absolute atomic E-state index is 11.4. The number of carbonyl (C=O) groups excluding carboxylic acids is 1. The highest BCUT2D eigenvalue weighted by Crippen LogP contribution is 2.30. The molecule has 0 atom stereocenters. The molecule has 1 saturated carbocycles. The normalized spacial score (nSPS) is 15.8. The van der Waals surface area contributed by atoms with Crippen LogP contribution in [0.3, 0.4) is 0 Å². The van der Waals surface area contributed by atoms with E-state index in [0.717, 1.165) is 32.2 Å². The molecule has 1 amide bonds. The Balaban J connectivity index is 2.13. The Bertz CT molecular complexity index is 173. The van der Waals surface area contributed by atoms with Gasteiger partial charge in [0.1, 0.15) is 0 Å². The monoisotopic (exact) mass is 167 g/mol. The number of allylic oxidation sites excluding steroid dienone is 1. The first-order valence-corrected chi connectivity index (χ1v) is 4.61. The van der Waals surface area contributed by atoms with E-state index in [2.05, 4.69) is 6.58 Å². The third-order valence-corrected chi connectivity index (χ3v) is 2.20. The lowest BCUT2D eigenvalue weighted by atomic mass is 10.3. The second-order valence-electron chi connectivity index (χ2n) is 3.46. The highest BCUT2D eigenvalue weighted by Gasteiger charge is 2.31. The van der Waals surface area contributed by atoms with Gasteiger partial charge in [-0.1, -0.05) is 6.08 Å². The van der Waals surface area contributed by atoms with E-state index >= 15 is 0 Å². The van der Waals surface area contributed by atoms with E-state index in [1.807, 2.05) is 18.0 Å². The van der Waals surface area contributed by atoms with Gasteiger partial charge < -0.3 is 4.90 Å². The Morgan fingerprint density at radius 3 is 2.83 bits per heavy atom. The molecule has 68 valence electrons. The topological polar surface area (TPSA) is 20.3 Å². The number of rotatable bonds is 5. The molecule has 0 aromatic rings. The number of unbranched alkanes of at least 4 members (excludes halogenated alkanes) is 1. The van der Waals surface area contributed by atoms with Crippen LogP contribution in [0.15, 0.2) is 12.7 Å². The molecule has 0 saturated heterocycles. The van der Waals surface area contributed by atoms with Crippen LogP contribution >= 0.6 is 0 Å². The van der Waals surface area contributed by atoms with Crippen molar-refractivity contribution in [3.05, 3.63) is 12.7 Å². The van der Waals surface area contributed by atoms with Gasteiger partial charge in [0.15, 0.2) is 0 Å². The molecule has 0 radical (unpaired) electrons. The Morgan fingerprint density at radius 2 is 2.33 bits per heavy atom. The van der Waals surface area contributed by atoms with Crippen molar-refractivity contribution >= 4 is 5.91 Å². The summed E-state index contributed by atoms with van der Waals surface area (Å²) < 4.78 is 0. The van der Waals surface area contributed by atoms with Crippen LogP contribution in [-0.4, -0.2) is 24.4 Å². The van der Waals surface area contributed by atoms with E-state index in [-0.39, 0.29) is 0 Å². The SMILES string of the molecule is C=CCCCN(C)C(=O)C1CC1. The third kappa shape index (κ3) is 2.68. The van der Waals surface area contributed by atoms with Crippen molar-refractivity contribution in [2.24, 2.45) is 5.92 Å². The van der Waals surface area contributed by atoms with Crippen molar-refractivity contribution in [1.29, 1.82) is 0 Å². The van der Waals surface area contributed by atoms with Crippen LogP contribution in [0.1, 0.15) is 25.7 Å². The first-order valence-electron chi connectivity index (χ1n) is 4.61. The molecule has 0 unspecified atom stereocenters. The molecule has 0 N–H and O–H groups in total. The number of hydrogen-bond donors (Lipinski definition) is 0. The minimum Gasteiger partial charge on any atom is -0.346 e. The number of hydrogen-bond acceptors (Lipinski definition) is 1. The maximum atomic E-state index is 11.4. The Kier molecular flexibility index (Phi) is 3.32. The molecule has 1 fully saturated rings. The number of nitrogens with zero attached hydrogens (tertiary/aromatic N) is 1. The fraction of sp³-hybridized carbons (Fsp3) is 0.700. The van der Waals surface area contributed by atoms with Crippen molar-refractivity contribution in [2.45, 2.75) is 25.7 Å². The van der Waals surface area contributed by atoms with Crippen molar-refractivity contribution in [2.75, 3.05) is 13.6 Å². The van der Waals surface area contributed by atoms with Crippen LogP contribution in [0, 0.1) is 5.92 Å². The lowest BCUT2D eigenvalue weighted by Gasteiger charge is -2.15. The summed E-state index contributed by atoms with van der Waals surface area (Å²) in [4.78, 5) is 13.2. The fourth-order valence-electron chi connectivity index (χ4n) is 1.22. The molecule has 0 aromatic carbocycles. The first-order chi connectivity index (χ1) is 5.75. The molecular formula is C10H17NO. The van der Waals surface area contributed by atoms with Gasteiger partial charge in [-0.3, -0.25) is 4.79 Å². The zero-order chi connectivity index (χ0) is 8.97. The van der Waals surface area contributed by atoms with Crippen molar-refractivity contribution in [3.63, 3.8) is 0 Å². The standard InChI is InChI=1S/C10H17NO/c1-3-4-5-8-11(2)10(12)9-6-7-9/h3,9H,1,4-8H2,2H3. The molecule has 12 heavy (non-hydrogen) atoms. The Hall–Kier alpha value is -0.790. The summed E-state index contributed by atoms with van der Waals surface area (Å²) >= 11 is 0. The van der Waals surface area contributed by atoms with Gasteiger partial charge in [-0.05, 0) is 25.7 Å². The Morgan fingerprint density at radius 1 is 1.67 bits per heavy atom. The molecule has 0 aromatic heterocycles. The van der Waals surface area contributed by atoms with Crippen molar-refractivity contribution in [3.8, 4) is 0 Å². The van der Waals surface area contributed by atoms with Crippen LogP contribution in [-0.2, 0) is 4.79 Å². The lowest BCUT2D eigenvalue weighted by molar-refractivity contribution is -0.131. The van der Waals surface area contributed by atoms with Gasteiger partial charge >= 0.3 is 0 Å². The molecule has 0 aliphatic heterocycles. The van der Waals surface area contributed by atoms with Gasteiger partial charge in [0, 0.05) is 19.5 Å². The minimum atomic E-state index is 0.332. The average molecular weight is 167 g/mol. The predicted octanol–water partition coefficient (Wildman–Crippen LogP) is 1.82. The van der Waals surface area contributed by atoms with Crippen LogP contribution < -0.4 is 0 Å². The van der Waals surface area contributed by atoms with E-state index in [1.54, 1.807) is 0 Å². The highest BCUT2D eigenvalue weighted by atomic mass is 16.2. The van der Waals surface area contributed by atoms with Crippen molar-refractivity contribution < 1.29 is 4.79 Å². The summed E-state index contributed by atoms with van der Waals surface area (Å²) in [6.45, 7) is 4.52. The van der Waals surface area contributed by atoms with Crippen LogP contribution in [0.4, 0.5) is 0 Å². The van der Waals surface area contributed by atoms with Gasteiger partial charge in [0.25, 0.3) is 0 Å². The predicted molar refractivity (Wildman–Crippen MR) is 49.8 cm³/mol. The van der Waals surface area contributed by atoms with E-state index < -0.39 is 0 Å². The number of amides is 1. The first kappa shape index (κ1) is 9.30. The quantitative estimate of drug-likeness (QED) is 0.452. The number of carbonyl (C=O) groups is 1. The third-order valence-electron chi connectivity index (χ3n) is 2.20. The van der Waals surface area contributed by atoms with E-state index in [0.29, 0.717) is 11.8 Å². The van der Waals surface area contributed by atoms with Crippen LogP contribution in [0.5, 0.6) is 0 Å². The fourth-order valence-corrected chi connectivity index (χ4v) is 1.22. The summed E-state index contributed by atoms with van der Waals surface area (Å²) in [6.07, 6.45) is 6.14. The van der Waals surface area contributed by atoms with E-state index in [9.17, 15) is 4.79 Å². The van der Waals surface area contributed by atoms with E-state index in [1.165, 1.54) is 0 Å². The zero-order valence-electron chi connectivity index (χ0n) is 7.75. The molecule has 1 rings (SSSR count). The zero-order valence-corrected chi connectivity index (χ0v) is 7.75. The lowest BCUT2D eigenvalue weighted by Crippen LogP contribution is -2.28. The van der Waals surface area contributed by atoms with Crippen LogP contribution in [0.2, 0.25) is 0 Å². The van der Waals surface area contributed by atoms with E-state index in [4.69, 9.17) is 0 Å². The molecule has 0 heterocycles. The minimum absolute atomic E-state index is 0.332. The van der Waals surface area contributed by atoms with Gasteiger partial charge in [-0.15, -0.1) is 6.58 Å². The molecule has 1 aliphatic carbocycles. The average Bonchev–Trinajstić information content (AvgIpc) is 2.86. The highest BCUT2D eigenvalue weighted by molar-refractivity contribution is 5.80. The Labute approximate surface area is 74.2 Å². The van der Waals surface area contributed by atoms with Gasteiger partial charge in [-0.2, -0.15) is 0 Å². The largest absolute Gasteiger partial charge is 0.346 e. The molecule has 0 spiro atoms. The smallest absolute Gasteiger partial charge is 0.225 e.